The van der Waals surface area contributed by atoms with Gasteiger partial charge < -0.3 is 10.6 Å². The van der Waals surface area contributed by atoms with Gasteiger partial charge in [-0.15, -0.1) is 0 Å². The summed E-state index contributed by atoms with van der Waals surface area (Å²) in [5.74, 6) is 0.518. The highest BCUT2D eigenvalue weighted by molar-refractivity contribution is 5.92. The number of anilines is 1. The number of carbonyl (C=O) groups excluding carboxylic acids is 1. The van der Waals surface area contributed by atoms with Gasteiger partial charge in [0.05, 0.1) is 0 Å². The molecule has 0 radical (unpaired) electrons. The predicted octanol–water partition coefficient (Wildman–Crippen LogP) is 3.28. The molecule has 0 aromatic carbocycles. The van der Waals surface area contributed by atoms with Gasteiger partial charge in [-0.3, -0.25) is 4.79 Å². The van der Waals surface area contributed by atoms with Gasteiger partial charge in [-0.1, -0.05) is 38.5 Å². The van der Waals surface area contributed by atoms with E-state index in [1.54, 1.807) is 12.3 Å². The van der Waals surface area contributed by atoms with Gasteiger partial charge in [0.1, 0.15) is 5.69 Å². The maximum atomic E-state index is 12.4. The van der Waals surface area contributed by atoms with Crippen molar-refractivity contribution < 1.29 is 4.79 Å². The van der Waals surface area contributed by atoms with Gasteiger partial charge in [-0.05, 0) is 31.7 Å². The second kappa shape index (κ2) is 7.56. The Morgan fingerprint density at radius 1 is 0.955 bits per heavy atom. The number of amides is 1. The summed E-state index contributed by atoms with van der Waals surface area (Å²) < 4.78 is 0. The average molecular weight is 302 g/mol. The Kier molecular flexibility index (Phi) is 5.24. The molecule has 0 bridgehead atoms. The first-order valence-electron chi connectivity index (χ1n) is 8.72. The monoisotopic (exact) mass is 302 g/mol. The zero-order valence-electron chi connectivity index (χ0n) is 13.2. The van der Waals surface area contributed by atoms with Gasteiger partial charge in [0.2, 0.25) is 5.95 Å². The van der Waals surface area contributed by atoms with Gasteiger partial charge in [-0.25, -0.2) is 9.97 Å². The molecule has 1 aromatic rings. The Morgan fingerprint density at radius 2 is 1.59 bits per heavy atom. The highest BCUT2D eigenvalue weighted by atomic mass is 16.1. The lowest BCUT2D eigenvalue weighted by atomic mass is 10.1. The molecule has 1 aromatic heterocycles. The first-order valence-corrected chi connectivity index (χ1v) is 8.72. The third-order valence-electron chi connectivity index (χ3n) is 4.77. The van der Waals surface area contributed by atoms with E-state index in [1.807, 2.05) is 0 Å². The van der Waals surface area contributed by atoms with Crippen LogP contribution in [0.3, 0.4) is 0 Å². The van der Waals surface area contributed by atoms with Crippen LogP contribution < -0.4 is 10.6 Å². The third-order valence-corrected chi connectivity index (χ3v) is 4.77. The Morgan fingerprint density at radius 3 is 2.32 bits per heavy atom. The second-order valence-electron chi connectivity index (χ2n) is 6.55. The van der Waals surface area contributed by atoms with Gasteiger partial charge in [0.25, 0.3) is 5.91 Å². The summed E-state index contributed by atoms with van der Waals surface area (Å²) >= 11 is 0. The van der Waals surface area contributed by atoms with Crippen molar-refractivity contribution in [3.63, 3.8) is 0 Å². The van der Waals surface area contributed by atoms with Crippen molar-refractivity contribution in [1.29, 1.82) is 0 Å². The van der Waals surface area contributed by atoms with Crippen LogP contribution in [0.15, 0.2) is 12.3 Å². The van der Waals surface area contributed by atoms with E-state index in [0.29, 0.717) is 23.7 Å². The molecule has 0 spiro atoms. The highest BCUT2D eigenvalue weighted by Crippen LogP contribution is 2.21. The summed E-state index contributed by atoms with van der Waals surface area (Å²) in [4.78, 5) is 21.0. The fourth-order valence-corrected chi connectivity index (χ4v) is 3.49. The summed E-state index contributed by atoms with van der Waals surface area (Å²) in [6, 6.07) is 2.46. The lowest BCUT2D eigenvalue weighted by Gasteiger charge is -2.16. The number of hydrogen-bond acceptors (Lipinski definition) is 4. The number of nitrogens with one attached hydrogen (secondary N) is 2. The number of aromatic nitrogens is 2. The van der Waals surface area contributed by atoms with Crippen molar-refractivity contribution in [3.8, 4) is 0 Å². The van der Waals surface area contributed by atoms with Crippen molar-refractivity contribution in [2.45, 2.75) is 76.3 Å². The zero-order chi connectivity index (χ0) is 15.2. The molecule has 2 N–H and O–H groups in total. The molecule has 3 rings (SSSR count). The molecule has 120 valence electrons. The van der Waals surface area contributed by atoms with Crippen LogP contribution in [0, 0.1) is 0 Å². The number of carbonyl (C=O) groups is 1. The Bertz CT molecular complexity index is 491. The van der Waals surface area contributed by atoms with Gasteiger partial charge in [0, 0.05) is 18.3 Å². The largest absolute Gasteiger partial charge is 0.351 e. The molecule has 0 saturated heterocycles. The standard InChI is InChI=1S/C17H26N4O/c22-16(19-13-7-3-1-2-4-8-13)15-11-12-18-17(21-15)20-14-9-5-6-10-14/h11-14H,1-10H2,(H,19,22)(H,18,20,21). The van der Waals surface area contributed by atoms with E-state index in [-0.39, 0.29) is 5.91 Å². The third kappa shape index (κ3) is 4.18. The van der Waals surface area contributed by atoms with Crippen LogP contribution in [0.4, 0.5) is 5.95 Å². The van der Waals surface area contributed by atoms with Crippen molar-refractivity contribution in [3.05, 3.63) is 18.0 Å². The second-order valence-corrected chi connectivity index (χ2v) is 6.55. The maximum Gasteiger partial charge on any atom is 0.270 e. The van der Waals surface area contributed by atoms with Gasteiger partial charge in [0.15, 0.2) is 0 Å². The number of hydrogen-bond donors (Lipinski definition) is 2. The minimum atomic E-state index is -0.0660. The molecule has 22 heavy (non-hydrogen) atoms. The quantitative estimate of drug-likeness (QED) is 0.838. The minimum absolute atomic E-state index is 0.0660. The summed E-state index contributed by atoms with van der Waals surface area (Å²) in [6.07, 6.45) is 13.7. The van der Waals surface area contributed by atoms with Crippen molar-refractivity contribution in [2.24, 2.45) is 0 Å². The lowest BCUT2D eigenvalue weighted by Crippen LogP contribution is -2.35. The molecule has 2 fully saturated rings. The zero-order valence-corrected chi connectivity index (χ0v) is 13.2. The topological polar surface area (TPSA) is 66.9 Å². The molecule has 2 aliphatic rings. The predicted molar refractivity (Wildman–Crippen MR) is 86.9 cm³/mol. The molecule has 5 heteroatoms. The molecule has 5 nitrogen and oxygen atoms in total. The van der Waals surface area contributed by atoms with E-state index in [0.717, 1.165) is 12.8 Å². The van der Waals surface area contributed by atoms with Crippen LogP contribution >= 0.6 is 0 Å². The van der Waals surface area contributed by atoms with E-state index in [4.69, 9.17) is 0 Å². The summed E-state index contributed by atoms with van der Waals surface area (Å²) in [5.41, 5.74) is 0.472. The maximum absolute atomic E-state index is 12.4. The van der Waals surface area contributed by atoms with E-state index >= 15 is 0 Å². The normalized spacial score (nSPS) is 20.5. The van der Waals surface area contributed by atoms with Crippen molar-refractivity contribution in [2.75, 3.05) is 5.32 Å². The van der Waals surface area contributed by atoms with Crippen molar-refractivity contribution >= 4 is 11.9 Å². The van der Waals surface area contributed by atoms with Crippen LogP contribution in [-0.4, -0.2) is 28.0 Å². The molecular formula is C17H26N4O. The molecule has 0 atom stereocenters. The van der Waals surface area contributed by atoms with E-state index in [9.17, 15) is 4.79 Å². The minimum Gasteiger partial charge on any atom is -0.351 e. The molecule has 2 aliphatic carbocycles. The SMILES string of the molecule is O=C(NC1CCCCCC1)c1ccnc(NC2CCCC2)n1. The fourth-order valence-electron chi connectivity index (χ4n) is 3.49. The van der Waals surface area contributed by atoms with Crippen molar-refractivity contribution in [1.82, 2.24) is 15.3 Å². The molecule has 0 aliphatic heterocycles. The molecule has 0 unspecified atom stereocenters. The van der Waals surface area contributed by atoms with Gasteiger partial charge in [-0.2, -0.15) is 0 Å². The number of rotatable bonds is 4. The lowest BCUT2D eigenvalue weighted by molar-refractivity contribution is 0.0928. The Balaban J connectivity index is 1.59. The molecule has 1 heterocycles. The van der Waals surface area contributed by atoms with Crippen LogP contribution in [0.1, 0.15) is 74.7 Å². The van der Waals surface area contributed by atoms with E-state index < -0.39 is 0 Å². The average Bonchev–Trinajstić information content (AvgIpc) is 2.90. The molecular weight excluding hydrogens is 276 g/mol. The van der Waals surface area contributed by atoms with Crippen LogP contribution in [0.5, 0.6) is 0 Å². The Hall–Kier alpha value is -1.65. The van der Waals surface area contributed by atoms with Crippen LogP contribution in [0.25, 0.3) is 0 Å². The summed E-state index contributed by atoms with van der Waals surface area (Å²) in [7, 11) is 0. The summed E-state index contributed by atoms with van der Waals surface area (Å²) in [6.45, 7) is 0. The van der Waals surface area contributed by atoms with Crippen LogP contribution in [-0.2, 0) is 0 Å². The highest BCUT2D eigenvalue weighted by Gasteiger charge is 2.19. The molecule has 1 amide bonds. The first kappa shape index (κ1) is 15.3. The van der Waals surface area contributed by atoms with E-state index in [2.05, 4.69) is 20.6 Å². The smallest absolute Gasteiger partial charge is 0.270 e. The van der Waals surface area contributed by atoms with E-state index in [1.165, 1.54) is 51.4 Å². The number of nitrogens with zero attached hydrogens (tertiary/aromatic N) is 2. The summed E-state index contributed by atoms with van der Waals surface area (Å²) in [5, 5.41) is 6.49. The first-order chi connectivity index (χ1) is 10.8. The fraction of sp³-hybridized carbons (Fsp3) is 0.706. The van der Waals surface area contributed by atoms with Gasteiger partial charge >= 0.3 is 0 Å². The Labute approximate surface area is 132 Å². The van der Waals surface area contributed by atoms with Crippen LogP contribution in [0.2, 0.25) is 0 Å². The molecule has 2 saturated carbocycles.